The monoisotopic (exact) mass is 295 g/mol. The van der Waals surface area contributed by atoms with Gasteiger partial charge in [0, 0.05) is 18.7 Å². The molecule has 1 atom stereocenters. The smallest absolute Gasteiger partial charge is 0.308 e. The molecular formula is C15H22FN3O2. The maximum Gasteiger partial charge on any atom is 0.308 e. The molecule has 0 bridgehead atoms. The van der Waals surface area contributed by atoms with Gasteiger partial charge in [-0.2, -0.15) is 4.39 Å². The number of piperidine rings is 1. The molecule has 1 aliphatic rings. The molecule has 116 valence electrons. The number of carbonyl (C=O) groups is 1. The second-order valence-corrected chi connectivity index (χ2v) is 6.33. The molecule has 1 aromatic heterocycles. The third-order valence-electron chi connectivity index (χ3n) is 3.36. The van der Waals surface area contributed by atoms with E-state index in [1.165, 1.54) is 12.4 Å². The van der Waals surface area contributed by atoms with Crippen LogP contribution in [0.1, 0.15) is 46.5 Å². The maximum absolute atomic E-state index is 13.3. The van der Waals surface area contributed by atoms with Gasteiger partial charge < -0.3 is 9.64 Å². The first kappa shape index (κ1) is 15.7. The van der Waals surface area contributed by atoms with Gasteiger partial charge in [0.05, 0.1) is 6.42 Å². The lowest BCUT2D eigenvalue weighted by atomic mass is 9.99. The fourth-order valence-electron chi connectivity index (χ4n) is 2.57. The van der Waals surface area contributed by atoms with Crippen LogP contribution in [0, 0.1) is 5.95 Å². The zero-order valence-electron chi connectivity index (χ0n) is 12.8. The van der Waals surface area contributed by atoms with Crippen molar-refractivity contribution in [3.63, 3.8) is 0 Å². The van der Waals surface area contributed by atoms with Crippen LogP contribution in [0.15, 0.2) is 12.4 Å². The normalized spacial score (nSPS) is 19.4. The molecule has 1 aromatic rings. The first-order chi connectivity index (χ1) is 9.85. The standard InChI is InChI=1S/C15H22FN3O2/c1-15(2,3)21-14(20)8-11-6-4-5-7-19(11)13-9-12(16)17-10-18-13/h9-11H,4-8H2,1-3H3. The van der Waals surface area contributed by atoms with E-state index in [0.717, 1.165) is 25.8 Å². The zero-order chi connectivity index (χ0) is 15.5. The van der Waals surface area contributed by atoms with E-state index in [-0.39, 0.29) is 12.0 Å². The Kier molecular flexibility index (Phi) is 4.75. The molecule has 2 rings (SSSR count). The van der Waals surface area contributed by atoms with Crippen LogP contribution in [0.25, 0.3) is 0 Å². The molecule has 0 spiro atoms. The minimum atomic E-state index is -0.554. The Hall–Kier alpha value is -1.72. The topological polar surface area (TPSA) is 55.3 Å². The molecule has 1 fully saturated rings. The lowest BCUT2D eigenvalue weighted by Crippen LogP contribution is -2.42. The number of halogens is 1. The van der Waals surface area contributed by atoms with Crippen LogP contribution in [0.5, 0.6) is 0 Å². The predicted molar refractivity (Wildman–Crippen MR) is 77.4 cm³/mol. The summed E-state index contributed by atoms with van der Waals surface area (Å²) in [5.41, 5.74) is -0.488. The maximum atomic E-state index is 13.3. The third-order valence-corrected chi connectivity index (χ3v) is 3.36. The summed E-state index contributed by atoms with van der Waals surface area (Å²) in [4.78, 5) is 21.6. The minimum Gasteiger partial charge on any atom is -0.460 e. The summed E-state index contributed by atoms with van der Waals surface area (Å²) in [6.07, 6.45) is 4.45. The van der Waals surface area contributed by atoms with E-state index >= 15 is 0 Å². The quantitative estimate of drug-likeness (QED) is 0.634. The molecule has 5 nitrogen and oxygen atoms in total. The molecule has 1 unspecified atom stereocenters. The number of rotatable bonds is 3. The van der Waals surface area contributed by atoms with Crippen LogP contribution in [0.4, 0.5) is 10.2 Å². The summed E-state index contributed by atoms with van der Waals surface area (Å²) in [5, 5.41) is 0. The SMILES string of the molecule is CC(C)(C)OC(=O)CC1CCCCN1c1cc(F)ncn1. The van der Waals surface area contributed by atoms with Crippen molar-refractivity contribution >= 4 is 11.8 Å². The molecule has 2 heterocycles. The van der Waals surface area contributed by atoms with Crippen molar-refractivity contribution < 1.29 is 13.9 Å². The van der Waals surface area contributed by atoms with Gasteiger partial charge in [-0.15, -0.1) is 0 Å². The summed E-state index contributed by atoms with van der Waals surface area (Å²) >= 11 is 0. The minimum absolute atomic E-state index is 0.00269. The number of carbonyl (C=O) groups excluding carboxylic acids is 1. The first-order valence-electron chi connectivity index (χ1n) is 7.31. The van der Waals surface area contributed by atoms with E-state index < -0.39 is 11.5 Å². The first-order valence-corrected chi connectivity index (χ1v) is 7.31. The number of ether oxygens (including phenoxy) is 1. The number of esters is 1. The van der Waals surface area contributed by atoms with Crippen molar-refractivity contribution in [2.24, 2.45) is 0 Å². The number of anilines is 1. The summed E-state index contributed by atoms with van der Waals surface area (Å²) < 4.78 is 18.6. The van der Waals surface area contributed by atoms with Crippen molar-refractivity contribution in [1.29, 1.82) is 0 Å². The van der Waals surface area contributed by atoms with Gasteiger partial charge in [-0.25, -0.2) is 9.97 Å². The largest absolute Gasteiger partial charge is 0.460 e. The molecule has 0 amide bonds. The predicted octanol–water partition coefficient (Wildman–Crippen LogP) is 2.71. The zero-order valence-corrected chi connectivity index (χ0v) is 12.8. The van der Waals surface area contributed by atoms with Crippen LogP contribution in [0.3, 0.4) is 0 Å². The van der Waals surface area contributed by atoms with E-state index in [2.05, 4.69) is 9.97 Å². The summed E-state index contributed by atoms with van der Waals surface area (Å²) in [6, 6.07) is 1.32. The molecule has 1 aliphatic heterocycles. The Bertz CT molecular complexity index is 502. The van der Waals surface area contributed by atoms with Crippen LogP contribution in [-0.4, -0.2) is 34.1 Å². The number of nitrogens with zero attached hydrogens (tertiary/aromatic N) is 3. The van der Waals surface area contributed by atoms with Gasteiger partial charge >= 0.3 is 5.97 Å². The number of hydrogen-bond acceptors (Lipinski definition) is 5. The Balaban J connectivity index is 2.07. The highest BCUT2D eigenvalue weighted by Crippen LogP contribution is 2.26. The fourth-order valence-corrected chi connectivity index (χ4v) is 2.57. The average Bonchev–Trinajstić information content (AvgIpc) is 2.37. The van der Waals surface area contributed by atoms with E-state index in [1.807, 2.05) is 25.7 Å². The van der Waals surface area contributed by atoms with Crippen LogP contribution in [-0.2, 0) is 9.53 Å². The van der Waals surface area contributed by atoms with E-state index in [1.54, 1.807) is 0 Å². The average molecular weight is 295 g/mol. The molecule has 0 aliphatic carbocycles. The fraction of sp³-hybridized carbons (Fsp3) is 0.667. The van der Waals surface area contributed by atoms with Gasteiger partial charge in [-0.05, 0) is 40.0 Å². The highest BCUT2D eigenvalue weighted by Gasteiger charge is 2.28. The number of hydrogen-bond donors (Lipinski definition) is 0. The second-order valence-electron chi connectivity index (χ2n) is 6.33. The Morgan fingerprint density at radius 3 is 2.86 bits per heavy atom. The van der Waals surface area contributed by atoms with Gasteiger partial charge in [0.1, 0.15) is 17.7 Å². The Morgan fingerprint density at radius 2 is 2.19 bits per heavy atom. The van der Waals surface area contributed by atoms with Gasteiger partial charge in [0.25, 0.3) is 0 Å². The molecule has 0 saturated carbocycles. The van der Waals surface area contributed by atoms with Crippen molar-refractivity contribution in [2.45, 2.75) is 58.1 Å². The van der Waals surface area contributed by atoms with Crippen LogP contribution >= 0.6 is 0 Å². The summed E-state index contributed by atoms with van der Waals surface area (Å²) in [7, 11) is 0. The lowest BCUT2D eigenvalue weighted by molar-refractivity contribution is -0.155. The molecule has 0 radical (unpaired) electrons. The summed E-state index contributed by atoms with van der Waals surface area (Å²) in [5.74, 6) is -0.244. The molecule has 21 heavy (non-hydrogen) atoms. The van der Waals surface area contributed by atoms with Crippen LogP contribution < -0.4 is 4.90 Å². The second kappa shape index (κ2) is 6.37. The van der Waals surface area contributed by atoms with Crippen LogP contribution in [0.2, 0.25) is 0 Å². The van der Waals surface area contributed by atoms with Crippen molar-refractivity contribution in [1.82, 2.24) is 9.97 Å². The lowest BCUT2D eigenvalue weighted by Gasteiger charge is -2.36. The third kappa shape index (κ3) is 4.65. The van der Waals surface area contributed by atoms with Gasteiger partial charge in [-0.1, -0.05) is 0 Å². The van der Waals surface area contributed by atoms with Crippen molar-refractivity contribution in [3.8, 4) is 0 Å². The molecule has 6 heteroatoms. The van der Waals surface area contributed by atoms with Crippen molar-refractivity contribution in [2.75, 3.05) is 11.4 Å². The van der Waals surface area contributed by atoms with Crippen molar-refractivity contribution in [3.05, 3.63) is 18.3 Å². The Labute approximate surface area is 124 Å². The molecule has 0 aromatic carbocycles. The van der Waals surface area contributed by atoms with E-state index in [0.29, 0.717) is 12.2 Å². The highest BCUT2D eigenvalue weighted by molar-refractivity contribution is 5.71. The highest BCUT2D eigenvalue weighted by atomic mass is 19.1. The van der Waals surface area contributed by atoms with E-state index in [4.69, 9.17) is 4.74 Å². The van der Waals surface area contributed by atoms with E-state index in [9.17, 15) is 9.18 Å². The number of aromatic nitrogens is 2. The molecular weight excluding hydrogens is 273 g/mol. The van der Waals surface area contributed by atoms with Gasteiger partial charge in [0.15, 0.2) is 0 Å². The Morgan fingerprint density at radius 1 is 1.43 bits per heavy atom. The summed E-state index contributed by atoms with van der Waals surface area (Å²) in [6.45, 7) is 6.32. The van der Waals surface area contributed by atoms with Gasteiger partial charge in [0.2, 0.25) is 5.95 Å². The molecule has 1 saturated heterocycles. The molecule has 0 N–H and O–H groups in total. The van der Waals surface area contributed by atoms with Gasteiger partial charge in [-0.3, -0.25) is 4.79 Å².